The van der Waals surface area contributed by atoms with Crippen LogP contribution in [0.1, 0.15) is 33.6 Å². The highest BCUT2D eigenvalue weighted by Crippen LogP contribution is 2.09. The van der Waals surface area contributed by atoms with E-state index in [-0.39, 0.29) is 12.6 Å². The third kappa shape index (κ3) is 5.25. The fourth-order valence-corrected chi connectivity index (χ4v) is 2.46. The van der Waals surface area contributed by atoms with Crippen molar-refractivity contribution in [2.75, 3.05) is 20.2 Å². The zero-order valence-electron chi connectivity index (χ0n) is 10.6. The fraction of sp³-hybridized carbons (Fsp3) is 1.00. The van der Waals surface area contributed by atoms with Crippen LogP contribution >= 0.6 is 0 Å². The minimum absolute atomic E-state index is 0.000770. The third-order valence-electron chi connectivity index (χ3n) is 2.87. The van der Waals surface area contributed by atoms with Crippen molar-refractivity contribution >= 4 is 10.2 Å². The summed E-state index contributed by atoms with van der Waals surface area (Å²) in [6, 6.07) is -0.0772. The van der Waals surface area contributed by atoms with E-state index in [1.165, 1.54) is 11.4 Å². The van der Waals surface area contributed by atoms with Crippen LogP contribution in [0.25, 0.3) is 0 Å². The van der Waals surface area contributed by atoms with Gasteiger partial charge in [-0.3, -0.25) is 0 Å². The first-order valence-electron chi connectivity index (χ1n) is 5.69. The summed E-state index contributed by atoms with van der Waals surface area (Å²) in [4.78, 5) is 0. The zero-order chi connectivity index (χ0) is 12.8. The lowest BCUT2D eigenvalue weighted by atomic mass is 10.0. The first-order valence-corrected chi connectivity index (χ1v) is 7.13. The topological polar surface area (TPSA) is 69.6 Å². The van der Waals surface area contributed by atoms with E-state index >= 15 is 0 Å². The first kappa shape index (κ1) is 15.8. The molecule has 0 rings (SSSR count). The minimum Gasteiger partial charge on any atom is -0.396 e. The SMILES string of the molecule is CCC(C)C(C)NS(=O)(=O)N(C)CCCO. The van der Waals surface area contributed by atoms with Crippen LogP contribution in [0.4, 0.5) is 0 Å². The summed E-state index contributed by atoms with van der Waals surface area (Å²) in [5.41, 5.74) is 0. The number of hydrogen-bond donors (Lipinski definition) is 2. The smallest absolute Gasteiger partial charge is 0.279 e. The maximum atomic E-state index is 11.8. The van der Waals surface area contributed by atoms with Gasteiger partial charge in [-0.2, -0.15) is 17.4 Å². The van der Waals surface area contributed by atoms with Gasteiger partial charge in [-0.25, -0.2) is 0 Å². The van der Waals surface area contributed by atoms with Crippen LogP contribution in [0.3, 0.4) is 0 Å². The predicted molar refractivity (Wildman–Crippen MR) is 65.3 cm³/mol. The quantitative estimate of drug-likeness (QED) is 0.663. The average molecular weight is 252 g/mol. The van der Waals surface area contributed by atoms with E-state index in [9.17, 15) is 8.42 Å². The Hall–Kier alpha value is -0.170. The summed E-state index contributed by atoms with van der Waals surface area (Å²) in [6.07, 6.45) is 1.39. The van der Waals surface area contributed by atoms with Crippen LogP contribution in [0.5, 0.6) is 0 Å². The lowest BCUT2D eigenvalue weighted by Crippen LogP contribution is -2.45. The van der Waals surface area contributed by atoms with Gasteiger partial charge in [0.05, 0.1) is 0 Å². The van der Waals surface area contributed by atoms with Gasteiger partial charge < -0.3 is 5.11 Å². The Balaban J connectivity index is 4.33. The van der Waals surface area contributed by atoms with Crippen molar-refractivity contribution in [1.82, 2.24) is 9.03 Å². The van der Waals surface area contributed by atoms with E-state index < -0.39 is 10.2 Å². The van der Waals surface area contributed by atoms with Crippen molar-refractivity contribution in [1.29, 1.82) is 0 Å². The van der Waals surface area contributed by atoms with Crippen molar-refractivity contribution < 1.29 is 13.5 Å². The predicted octanol–water partition coefficient (Wildman–Crippen LogP) is 0.570. The van der Waals surface area contributed by atoms with Crippen molar-refractivity contribution in [2.24, 2.45) is 5.92 Å². The highest BCUT2D eigenvalue weighted by molar-refractivity contribution is 7.87. The van der Waals surface area contributed by atoms with Gasteiger partial charge >= 0.3 is 0 Å². The van der Waals surface area contributed by atoms with Crippen LogP contribution < -0.4 is 4.72 Å². The second-order valence-corrected chi connectivity index (χ2v) is 6.00. The van der Waals surface area contributed by atoms with Gasteiger partial charge in [0.2, 0.25) is 0 Å². The molecule has 0 heterocycles. The summed E-state index contributed by atoms with van der Waals surface area (Å²) in [5.74, 6) is 0.306. The number of rotatable bonds is 8. The van der Waals surface area contributed by atoms with Crippen LogP contribution in [0.15, 0.2) is 0 Å². The third-order valence-corrected chi connectivity index (χ3v) is 4.55. The molecule has 0 aliphatic carbocycles. The molecule has 0 spiro atoms. The largest absolute Gasteiger partial charge is 0.396 e. The molecule has 0 aromatic rings. The fourth-order valence-electron chi connectivity index (χ4n) is 1.21. The van der Waals surface area contributed by atoms with Gasteiger partial charge in [0.15, 0.2) is 0 Å². The van der Waals surface area contributed by atoms with Gasteiger partial charge in [-0.1, -0.05) is 20.3 Å². The van der Waals surface area contributed by atoms with Gasteiger partial charge in [-0.15, -0.1) is 0 Å². The lowest BCUT2D eigenvalue weighted by molar-refractivity contribution is 0.274. The number of nitrogens with one attached hydrogen (secondary N) is 1. The van der Waals surface area contributed by atoms with Crippen LogP contribution in [-0.4, -0.2) is 44.1 Å². The molecule has 0 amide bonds. The minimum atomic E-state index is -3.41. The molecule has 0 aliphatic rings. The molecular formula is C10H24N2O3S. The summed E-state index contributed by atoms with van der Waals surface area (Å²) in [6.45, 7) is 6.25. The van der Waals surface area contributed by atoms with E-state index in [1.807, 2.05) is 20.8 Å². The Morgan fingerprint density at radius 1 is 1.38 bits per heavy atom. The molecule has 2 N–H and O–H groups in total. The molecule has 0 aliphatic heterocycles. The molecule has 2 atom stereocenters. The van der Waals surface area contributed by atoms with E-state index in [0.29, 0.717) is 18.9 Å². The molecule has 0 fully saturated rings. The van der Waals surface area contributed by atoms with Crippen LogP contribution in [0.2, 0.25) is 0 Å². The second kappa shape index (κ2) is 7.21. The summed E-state index contributed by atoms with van der Waals surface area (Å²) in [5, 5.41) is 8.65. The standard InChI is InChI=1S/C10H24N2O3S/c1-5-9(2)10(3)11-16(14,15)12(4)7-6-8-13/h9-11,13H,5-8H2,1-4H3. The molecule has 16 heavy (non-hydrogen) atoms. The molecule has 0 aromatic heterocycles. The van der Waals surface area contributed by atoms with E-state index in [0.717, 1.165) is 6.42 Å². The Kier molecular flexibility index (Phi) is 7.14. The summed E-state index contributed by atoms with van der Waals surface area (Å²) in [7, 11) is -1.90. The van der Waals surface area contributed by atoms with Crippen molar-refractivity contribution in [3.63, 3.8) is 0 Å². The van der Waals surface area contributed by atoms with Crippen LogP contribution in [0, 0.1) is 5.92 Å². The van der Waals surface area contributed by atoms with Gasteiger partial charge in [0, 0.05) is 26.2 Å². The highest BCUT2D eigenvalue weighted by atomic mass is 32.2. The molecule has 0 aromatic carbocycles. The van der Waals surface area contributed by atoms with Crippen molar-refractivity contribution in [3.8, 4) is 0 Å². The van der Waals surface area contributed by atoms with Gasteiger partial charge in [0.1, 0.15) is 0 Å². The number of nitrogens with zero attached hydrogens (tertiary/aromatic N) is 1. The number of aliphatic hydroxyl groups is 1. The Morgan fingerprint density at radius 3 is 2.38 bits per heavy atom. The number of aliphatic hydroxyl groups excluding tert-OH is 1. The highest BCUT2D eigenvalue weighted by Gasteiger charge is 2.21. The lowest BCUT2D eigenvalue weighted by Gasteiger charge is -2.24. The number of hydrogen-bond acceptors (Lipinski definition) is 3. The van der Waals surface area contributed by atoms with Crippen LogP contribution in [-0.2, 0) is 10.2 Å². The Morgan fingerprint density at radius 2 is 1.94 bits per heavy atom. The van der Waals surface area contributed by atoms with Gasteiger partial charge in [-0.05, 0) is 19.3 Å². The maximum absolute atomic E-state index is 11.8. The molecule has 0 saturated carbocycles. The summed E-state index contributed by atoms with van der Waals surface area (Å²) >= 11 is 0. The molecule has 5 nitrogen and oxygen atoms in total. The second-order valence-electron chi connectivity index (χ2n) is 4.20. The molecule has 98 valence electrons. The molecule has 2 unspecified atom stereocenters. The summed E-state index contributed by atoms with van der Waals surface area (Å²) < 4.78 is 27.5. The van der Waals surface area contributed by atoms with Gasteiger partial charge in [0.25, 0.3) is 10.2 Å². The maximum Gasteiger partial charge on any atom is 0.279 e. The zero-order valence-corrected chi connectivity index (χ0v) is 11.4. The molecule has 0 radical (unpaired) electrons. The normalized spacial score (nSPS) is 16.4. The van der Waals surface area contributed by atoms with E-state index in [2.05, 4.69) is 4.72 Å². The first-order chi connectivity index (χ1) is 7.35. The molecule has 6 heteroatoms. The molecular weight excluding hydrogens is 228 g/mol. The average Bonchev–Trinajstić information content (AvgIpc) is 2.23. The van der Waals surface area contributed by atoms with E-state index in [1.54, 1.807) is 0 Å². The van der Waals surface area contributed by atoms with Crippen molar-refractivity contribution in [2.45, 2.75) is 39.7 Å². The Bertz CT molecular complexity index is 280. The van der Waals surface area contributed by atoms with E-state index in [4.69, 9.17) is 5.11 Å². The monoisotopic (exact) mass is 252 g/mol. The van der Waals surface area contributed by atoms with Crippen molar-refractivity contribution in [3.05, 3.63) is 0 Å². The molecule has 0 bridgehead atoms. The Labute approximate surface area is 99.0 Å². The molecule has 0 saturated heterocycles.